The van der Waals surface area contributed by atoms with Crippen LogP contribution in [0.3, 0.4) is 0 Å². The van der Waals surface area contributed by atoms with Crippen LogP contribution in [-0.2, 0) is 0 Å². The number of urea groups is 1. The minimum absolute atomic E-state index is 0.00287. The molecule has 0 aliphatic heterocycles. The van der Waals surface area contributed by atoms with E-state index in [9.17, 15) is 4.79 Å². The monoisotopic (exact) mass is 212 g/mol. The van der Waals surface area contributed by atoms with E-state index >= 15 is 0 Å². The second-order valence-corrected chi connectivity index (χ2v) is 4.80. The van der Waals surface area contributed by atoms with Gasteiger partial charge in [0.15, 0.2) is 0 Å². The van der Waals surface area contributed by atoms with Crippen molar-refractivity contribution in [3.63, 3.8) is 0 Å². The van der Waals surface area contributed by atoms with E-state index in [4.69, 9.17) is 0 Å². The zero-order valence-corrected chi connectivity index (χ0v) is 10.2. The molecule has 0 aromatic heterocycles. The number of hydrogen-bond donors (Lipinski definition) is 2. The number of hydrogen-bond acceptors (Lipinski definition) is 1. The lowest BCUT2D eigenvalue weighted by atomic mass is 9.86. The maximum absolute atomic E-state index is 11.6. The molecule has 1 aliphatic carbocycles. The fourth-order valence-corrected chi connectivity index (χ4v) is 2.07. The molecule has 0 spiro atoms. The van der Waals surface area contributed by atoms with Crippen molar-refractivity contribution in [3.8, 4) is 0 Å². The summed E-state index contributed by atoms with van der Waals surface area (Å²) in [5.74, 6) is 0.626. The van der Waals surface area contributed by atoms with Crippen LogP contribution in [0.4, 0.5) is 4.79 Å². The molecule has 1 saturated carbocycles. The van der Waals surface area contributed by atoms with E-state index in [0.717, 1.165) is 12.8 Å². The highest BCUT2D eigenvalue weighted by molar-refractivity contribution is 5.74. The summed E-state index contributed by atoms with van der Waals surface area (Å²) in [5, 5.41) is 6.03. The molecule has 0 aromatic carbocycles. The van der Waals surface area contributed by atoms with Gasteiger partial charge in [-0.2, -0.15) is 0 Å². The summed E-state index contributed by atoms with van der Waals surface area (Å²) >= 11 is 0. The molecule has 0 unspecified atom stereocenters. The van der Waals surface area contributed by atoms with Gasteiger partial charge in [-0.25, -0.2) is 4.79 Å². The number of rotatable bonds is 3. The van der Waals surface area contributed by atoms with E-state index in [2.05, 4.69) is 24.5 Å². The van der Waals surface area contributed by atoms with Crippen molar-refractivity contribution in [3.05, 3.63) is 0 Å². The molecule has 2 amide bonds. The molecule has 88 valence electrons. The van der Waals surface area contributed by atoms with Crippen LogP contribution in [0, 0.1) is 5.92 Å². The summed E-state index contributed by atoms with van der Waals surface area (Å²) in [5.41, 5.74) is 0. The first-order valence-electron chi connectivity index (χ1n) is 6.20. The first-order chi connectivity index (χ1) is 7.13. The molecule has 0 bridgehead atoms. The zero-order chi connectivity index (χ0) is 11.3. The van der Waals surface area contributed by atoms with E-state index < -0.39 is 0 Å². The predicted octanol–water partition coefficient (Wildman–Crippen LogP) is 2.66. The van der Waals surface area contributed by atoms with Gasteiger partial charge in [0.2, 0.25) is 0 Å². The van der Waals surface area contributed by atoms with Crippen LogP contribution in [0.5, 0.6) is 0 Å². The summed E-state index contributed by atoms with van der Waals surface area (Å²) in [4.78, 5) is 11.6. The van der Waals surface area contributed by atoms with Gasteiger partial charge in [0, 0.05) is 12.1 Å². The Hall–Kier alpha value is -0.730. The van der Waals surface area contributed by atoms with Crippen molar-refractivity contribution in [1.29, 1.82) is 0 Å². The van der Waals surface area contributed by atoms with Crippen molar-refractivity contribution in [2.24, 2.45) is 5.92 Å². The van der Waals surface area contributed by atoms with E-state index in [-0.39, 0.29) is 12.1 Å². The third-order valence-electron chi connectivity index (χ3n) is 3.42. The molecule has 3 heteroatoms. The van der Waals surface area contributed by atoms with Gasteiger partial charge in [-0.3, -0.25) is 0 Å². The van der Waals surface area contributed by atoms with E-state index in [0.29, 0.717) is 12.0 Å². The Morgan fingerprint density at radius 3 is 2.67 bits per heavy atom. The van der Waals surface area contributed by atoms with Crippen LogP contribution >= 0.6 is 0 Å². The Balaban J connectivity index is 2.29. The van der Waals surface area contributed by atoms with Gasteiger partial charge >= 0.3 is 6.03 Å². The highest BCUT2D eigenvalue weighted by Gasteiger charge is 2.22. The minimum atomic E-state index is 0.00287. The Bertz CT molecular complexity index is 206. The van der Waals surface area contributed by atoms with Gasteiger partial charge in [-0.15, -0.1) is 0 Å². The van der Waals surface area contributed by atoms with Crippen LogP contribution < -0.4 is 10.6 Å². The molecule has 2 N–H and O–H groups in total. The topological polar surface area (TPSA) is 41.1 Å². The van der Waals surface area contributed by atoms with Crippen LogP contribution in [-0.4, -0.2) is 18.1 Å². The molecule has 1 fully saturated rings. The summed E-state index contributed by atoms with van der Waals surface area (Å²) in [6.07, 6.45) is 5.92. The SMILES string of the molecule is CC[C@@H](C)NC(=O)N[C@@H]1CCCC[C@@H]1C. The maximum atomic E-state index is 11.6. The second-order valence-electron chi connectivity index (χ2n) is 4.80. The van der Waals surface area contributed by atoms with Crippen molar-refractivity contribution < 1.29 is 4.79 Å². The van der Waals surface area contributed by atoms with Crippen LogP contribution in [0.15, 0.2) is 0 Å². The Morgan fingerprint density at radius 2 is 2.07 bits per heavy atom. The molecule has 1 aliphatic rings. The number of amides is 2. The third kappa shape index (κ3) is 4.10. The highest BCUT2D eigenvalue weighted by Crippen LogP contribution is 2.23. The molecule has 0 aromatic rings. The fourth-order valence-electron chi connectivity index (χ4n) is 2.07. The maximum Gasteiger partial charge on any atom is 0.315 e. The third-order valence-corrected chi connectivity index (χ3v) is 3.42. The molecule has 3 atom stereocenters. The zero-order valence-electron chi connectivity index (χ0n) is 10.2. The van der Waals surface area contributed by atoms with E-state index in [1.165, 1.54) is 19.3 Å². The first-order valence-corrected chi connectivity index (χ1v) is 6.20. The average molecular weight is 212 g/mol. The summed E-state index contributed by atoms with van der Waals surface area (Å²) < 4.78 is 0. The molecule has 0 saturated heterocycles. The summed E-state index contributed by atoms with van der Waals surface area (Å²) in [6.45, 7) is 6.34. The standard InChI is InChI=1S/C12H24N2O/c1-4-10(3)13-12(15)14-11-8-6-5-7-9(11)2/h9-11H,4-8H2,1-3H3,(H2,13,14,15)/t9-,10+,11+/m0/s1. The quantitative estimate of drug-likeness (QED) is 0.742. The largest absolute Gasteiger partial charge is 0.336 e. The molecular weight excluding hydrogens is 188 g/mol. The van der Waals surface area contributed by atoms with Crippen molar-refractivity contribution in [2.45, 2.75) is 65.0 Å². The van der Waals surface area contributed by atoms with Gasteiger partial charge in [-0.05, 0) is 32.1 Å². The van der Waals surface area contributed by atoms with Crippen LogP contribution in [0.1, 0.15) is 52.9 Å². The minimum Gasteiger partial charge on any atom is -0.336 e. The molecule has 15 heavy (non-hydrogen) atoms. The number of nitrogens with one attached hydrogen (secondary N) is 2. The lowest BCUT2D eigenvalue weighted by Gasteiger charge is -2.30. The Morgan fingerprint density at radius 1 is 1.40 bits per heavy atom. The Labute approximate surface area is 93.0 Å². The summed E-state index contributed by atoms with van der Waals surface area (Å²) in [6, 6.07) is 0.648. The molecule has 1 rings (SSSR count). The van der Waals surface area contributed by atoms with Gasteiger partial charge in [0.05, 0.1) is 0 Å². The second kappa shape index (κ2) is 5.99. The van der Waals surface area contributed by atoms with Crippen molar-refractivity contribution in [1.82, 2.24) is 10.6 Å². The number of carbonyl (C=O) groups is 1. The molecule has 3 nitrogen and oxygen atoms in total. The molecular formula is C12H24N2O. The van der Waals surface area contributed by atoms with Crippen LogP contribution in [0.2, 0.25) is 0 Å². The van der Waals surface area contributed by atoms with Gasteiger partial charge < -0.3 is 10.6 Å². The normalized spacial score (nSPS) is 28.2. The fraction of sp³-hybridized carbons (Fsp3) is 0.917. The summed E-state index contributed by atoms with van der Waals surface area (Å²) in [7, 11) is 0. The predicted molar refractivity (Wildman–Crippen MR) is 62.8 cm³/mol. The average Bonchev–Trinajstić information content (AvgIpc) is 2.21. The Kier molecular flexibility index (Phi) is 4.92. The van der Waals surface area contributed by atoms with Gasteiger partial charge in [0.1, 0.15) is 0 Å². The van der Waals surface area contributed by atoms with Gasteiger partial charge in [-0.1, -0.05) is 26.7 Å². The lowest BCUT2D eigenvalue weighted by molar-refractivity contribution is 0.218. The van der Waals surface area contributed by atoms with Gasteiger partial charge in [0.25, 0.3) is 0 Å². The van der Waals surface area contributed by atoms with Crippen molar-refractivity contribution in [2.75, 3.05) is 0 Å². The van der Waals surface area contributed by atoms with E-state index in [1.54, 1.807) is 0 Å². The van der Waals surface area contributed by atoms with E-state index in [1.807, 2.05) is 6.92 Å². The van der Waals surface area contributed by atoms with Crippen molar-refractivity contribution >= 4 is 6.03 Å². The van der Waals surface area contributed by atoms with Crippen LogP contribution in [0.25, 0.3) is 0 Å². The highest BCUT2D eigenvalue weighted by atomic mass is 16.2. The first kappa shape index (κ1) is 12.3. The number of carbonyl (C=O) groups excluding carboxylic acids is 1. The molecule has 0 heterocycles. The lowest BCUT2D eigenvalue weighted by Crippen LogP contribution is -2.48. The smallest absolute Gasteiger partial charge is 0.315 e. The molecule has 0 radical (unpaired) electrons.